The maximum Gasteiger partial charge on any atom is 0.410 e. The lowest BCUT2D eigenvalue weighted by atomic mass is 9.90. The summed E-state index contributed by atoms with van der Waals surface area (Å²) in [5.41, 5.74) is 2.74. The third-order valence-corrected chi connectivity index (χ3v) is 14.5. The van der Waals surface area contributed by atoms with Crippen molar-refractivity contribution in [1.29, 1.82) is 0 Å². The van der Waals surface area contributed by atoms with Gasteiger partial charge in [-0.2, -0.15) is 5.10 Å². The number of likely N-dealkylation sites (tertiary alicyclic amines) is 1. The summed E-state index contributed by atoms with van der Waals surface area (Å²) in [5, 5.41) is 6.19. The van der Waals surface area contributed by atoms with Crippen molar-refractivity contribution in [3.05, 3.63) is 72.4 Å². The molecule has 3 aliphatic heterocycles. The fourth-order valence-electron chi connectivity index (χ4n) is 8.67. The van der Waals surface area contributed by atoms with E-state index in [4.69, 9.17) is 24.3 Å². The van der Waals surface area contributed by atoms with Crippen molar-refractivity contribution >= 4 is 30.9 Å². The van der Waals surface area contributed by atoms with Gasteiger partial charge in [-0.25, -0.2) is 18.9 Å². The van der Waals surface area contributed by atoms with Gasteiger partial charge in [0.1, 0.15) is 41.9 Å². The first-order chi connectivity index (χ1) is 28.4. The van der Waals surface area contributed by atoms with Gasteiger partial charge in [0.15, 0.2) is 0 Å². The van der Waals surface area contributed by atoms with Crippen LogP contribution in [0.1, 0.15) is 51.0 Å². The average Bonchev–Trinajstić information content (AvgIpc) is 3.85. The summed E-state index contributed by atoms with van der Waals surface area (Å²) in [4.78, 5) is 26.3. The highest BCUT2D eigenvalue weighted by Gasteiger charge is 2.40. The average molecular weight is 826 g/mol. The molecule has 2 aromatic heterocycles. The lowest BCUT2D eigenvalue weighted by molar-refractivity contribution is 0.00453. The second-order valence-electron chi connectivity index (χ2n) is 19.0. The number of carbonyl (C=O) groups is 1. The highest BCUT2D eigenvalue weighted by Crippen LogP contribution is 2.41. The number of benzene rings is 2. The van der Waals surface area contributed by atoms with Crippen LogP contribution in [0.3, 0.4) is 0 Å². The number of piperidine rings is 2. The smallest absolute Gasteiger partial charge is 0.410 e. The zero-order valence-electron chi connectivity index (χ0n) is 35.7. The Balaban J connectivity index is 0.811. The predicted molar refractivity (Wildman–Crippen MR) is 234 cm³/mol. The number of amides is 1. The maximum atomic E-state index is 16.1. The van der Waals surface area contributed by atoms with Crippen LogP contribution in [0, 0.1) is 5.92 Å². The van der Waals surface area contributed by atoms with Crippen molar-refractivity contribution in [2.24, 2.45) is 5.92 Å². The Bertz CT molecular complexity index is 2010. The number of fused-ring (bicyclic) bond motifs is 1. The fraction of sp³-hybridized carbons (Fsp3) is 0.587. The van der Waals surface area contributed by atoms with Crippen LogP contribution in [0.5, 0.6) is 5.75 Å². The van der Waals surface area contributed by atoms with Gasteiger partial charge in [0.05, 0.1) is 5.52 Å². The van der Waals surface area contributed by atoms with Gasteiger partial charge in [-0.3, -0.25) is 4.90 Å². The molecule has 13 heteroatoms. The molecule has 0 radical (unpaired) electrons. The molecule has 0 unspecified atom stereocenters. The van der Waals surface area contributed by atoms with Crippen molar-refractivity contribution in [2.75, 3.05) is 77.0 Å². The molecule has 0 spiro atoms. The number of hydrogen-bond donors (Lipinski definition) is 0. The standard InChI is InChI=1S/C46H64FN7O4Si/c1-45(15-16-45)58-39-10-11-41-40(31-39)43(49-54(41)35-56-28-29-59(2,3)4)38-12-19-48-42(30-38)52-20-13-36(14-21-52)32-50-22-17-46(47,18-23-50)34-51-24-26-53(27-25-51)44(55)57-33-37-8-6-5-7-9-37/h5-12,19,30-31,36H,13-18,20-29,32-35H2,1-4H3. The molecule has 0 atom stereocenters. The van der Waals surface area contributed by atoms with Gasteiger partial charge in [0.2, 0.25) is 0 Å². The van der Waals surface area contributed by atoms with Crippen molar-refractivity contribution in [1.82, 2.24) is 29.5 Å². The van der Waals surface area contributed by atoms with Crippen LogP contribution in [0.4, 0.5) is 15.0 Å². The number of rotatable bonds is 15. The monoisotopic (exact) mass is 825 g/mol. The van der Waals surface area contributed by atoms with Crippen LogP contribution < -0.4 is 9.64 Å². The first-order valence-corrected chi connectivity index (χ1v) is 25.7. The molecule has 0 N–H and O–H groups in total. The minimum Gasteiger partial charge on any atom is -0.488 e. The van der Waals surface area contributed by atoms with Crippen LogP contribution in [0.25, 0.3) is 22.2 Å². The van der Waals surface area contributed by atoms with E-state index in [1.807, 2.05) is 41.2 Å². The number of ether oxygens (including phenoxy) is 3. The summed E-state index contributed by atoms with van der Waals surface area (Å²) in [6.45, 7) is 18.2. The normalized spacial score (nSPS) is 20.2. The molecule has 4 aromatic rings. The lowest BCUT2D eigenvalue weighted by Crippen LogP contribution is -2.54. The van der Waals surface area contributed by atoms with Gasteiger partial charge in [0, 0.05) is 97.3 Å². The van der Waals surface area contributed by atoms with Crippen molar-refractivity contribution < 1.29 is 23.4 Å². The minimum atomic E-state index is -1.20. The molecule has 1 saturated carbocycles. The summed E-state index contributed by atoms with van der Waals surface area (Å²) in [6.07, 6.45) is 7.09. The molecular weight excluding hydrogens is 762 g/mol. The summed E-state index contributed by atoms with van der Waals surface area (Å²) in [6, 6.07) is 21.4. The highest BCUT2D eigenvalue weighted by atomic mass is 28.3. The molecular formula is C46H64FN7O4Si. The second-order valence-corrected chi connectivity index (χ2v) is 24.6. The Morgan fingerprint density at radius 1 is 0.881 bits per heavy atom. The van der Waals surface area contributed by atoms with E-state index in [-0.39, 0.29) is 18.3 Å². The van der Waals surface area contributed by atoms with Gasteiger partial charge < -0.3 is 28.9 Å². The zero-order valence-corrected chi connectivity index (χ0v) is 36.7. The molecule has 2 aromatic carbocycles. The third-order valence-electron chi connectivity index (χ3n) is 12.8. The first kappa shape index (κ1) is 41.7. The van der Waals surface area contributed by atoms with Gasteiger partial charge >= 0.3 is 6.09 Å². The number of nitrogens with zero attached hydrogens (tertiary/aromatic N) is 7. The van der Waals surface area contributed by atoms with E-state index in [9.17, 15) is 4.79 Å². The van der Waals surface area contributed by atoms with E-state index in [0.717, 1.165) is 110 Å². The predicted octanol–water partition coefficient (Wildman–Crippen LogP) is 8.32. The van der Waals surface area contributed by atoms with Gasteiger partial charge in [-0.15, -0.1) is 0 Å². The van der Waals surface area contributed by atoms with E-state index in [2.05, 4.69) is 71.6 Å². The molecule has 8 rings (SSSR count). The summed E-state index contributed by atoms with van der Waals surface area (Å²) < 4.78 is 36.2. The molecule has 4 aliphatic rings. The molecule has 0 bridgehead atoms. The lowest BCUT2D eigenvalue weighted by Gasteiger charge is -2.43. The Labute approximate surface area is 350 Å². The number of aromatic nitrogens is 3. The van der Waals surface area contributed by atoms with Gasteiger partial charge in [-0.05, 0) is 93.3 Å². The maximum absolute atomic E-state index is 16.1. The number of halogens is 1. The number of pyridine rings is 1. The number of piperazine rings is 1. The quantitative estimate of drug-likeness (QED) is 0.0868. The van der Waals surface area contributed by atoms with E-state index in [0.29, 0.717) is 58.2 Å². The molecule has 59 heavy (non-hydrogen) atoms. The Morgan fingerprint density at radius 3 is 2.34 bits per heavy atom. The van der Waals surface area contributed by atoms with E-state index >= 15 is 4.39 Å². The summed E-state index contributed by atoms with van der Waals surface area (Å²) >= 11 is 0. The SMILES string of the molecule is CC1(Oc2ccc3c(c2)c(-c2ccnc(N4CCC(CN5CCC(F)(CN6CCN(C(=O)OCc7ccccc7)CC6)CC5)CC4)c2)nn3COCC[Si](C)(C)C)CC1. The number of hydrogen-bond acceptors (Lipinski definition) is 9. The van der Waals surface area contributed by atoms with Crippen LogP contribution in [0.2, 0.25) is 25.7 Å². The summed E-state index contributed by atoms with van der Waals surface area (Å²) in [7, 11) is -1.20. The molecule has 4 fully saturated rings. The minimum absolute atomic E-state index is 0.0632. The third kappa shape index (κ3) is 11.0. The second kappa shape index (κ2) is 17.9. The van der Waals surface area contributed by atoms with Crippen LogP contribution >= 0.6 is 0 Å². The fourth-order valence-corrected chi connectivity index (χ4v) is 9.42. The van der Waals surface area contributed by atoms with Gasteiger partial charge in [0.25, 0.3) is 0 Å². The number of carbonyl (C=O) groups excluding carboxylic acids is 1. The van der Waals surface area contributed by atoms with Crippen LogP contribution in [0.15, 0.2) is 66.9 Å². The van der Waals surface area contributed by atoms with E-state index < -0.39 is 13.7 Å². The van der Waals surface area contributed by atoms with Crippen molar-refractivity contribution in [2.45, 2.75) is 95.7 Å². The van der Waals surface area contributed by atoms with Crippen molar-refractivity contribution in [3.63, 3.8) is 0 Å². The molecule has 1 amide bonds. The molecule has 318 valence electrons. The molecule has 3 saturated heterocycles. The largest absolute Gasteiger partial charge is 0.488 e. The van der Waals surface area contributed by atoms with E-state index in [1.54, 1.807) is 4.90 Å². The Hall–Kier alpha value is -4.04. The van der Waals surface area contributed by atoms with Crippen LogP contribution in [-0.4, -0.2) is 127 Å². The summed E-state index contributed by atoms with van der Waals surface area (Å²) in [5.74, 6) is 2.45. The Kier molecular flexibility index (Phi) is 12.6. The zero-order chi connectivity index (χ0) is 41.0. The topological polar surface area (TPSA) is 88.4 Å². The number of anilines is 1. The number of alkyl halides is 1. The molecule has 5 heterocycles. The molecule has 11 nitrogen and oxygen atoms in total. The van der Waals surface area contributed by atoms with Gasteiger partial charge in [-0.1, -0.05) is 50.0 Å². The first-order valence-electron chi connectivity index (χ1n) is 22.0. The highest BCUT2D eigenvalue weighted by molar-refractivity contribution is 6.76. The molecule has 1 aliphatic carbocycles. The van der Waals surface area contributed by atoms with Crippen molar-refractivity contribution in [3.8, 4) is 17.0 Å². The van der Waals surface area contributed by atoms with Crippen LogP contribution in [-0.2, 0) is 22.8 Å². The Morgan fingerprint density at radius 2 is 1.63 bits per heavy atom. The van der Waals surface area contributed by atoms with E-state index in [1.165, 1.54) is 0 Å².